The van der Waals surface area contributed by atoms with Crippen LogP contribution in [-0.2, 0) is 12.8 Å². The first-order valence-electron chi connectivity index (χ1n) is 12.7. The van der Waals surface area contributed by atoms with Crippen LogP contribution < -0.4 is 0 Å². The van der Waals surface area contributed by atoms with Gasteiger partial charge in [-0.05, 0) is 48.8 Å². The van der Waals surface area contributed by atoms with Gasteiger partial charge in [-0.15, -0.1) is 0 Å². The largest absolute Gasteiger partial charge is 0.155 e. The molecule has 1 aromatic carbocycles. The fourth-order valence-corrected chi connectivity index (χ4v) is 4.98. The summed E-state index contributed by atoms with van der Waals surface area (Å²) in [5.74, 6) is 1.90. The zero-order valence-corrected chi connectivity index (χ0v) is 19.4. The lowest BCUT2D eigenvalue weighted by atomic mass is 9.78. The average Bonchev–Trinajstić information content (AvgIpc) is 2.79. The van der Waals surface area contributed by atoms with Gasteiger partial charge in [0.25, 0.3) is 0 Å². The molecular weight excluding hydrogens is 364 g/mol. The lowest BCUT2D eigenvalue weighted by Gasteiger charge is -2.28. The van der Waals surface area contributed by atoms with Crippen LogP contribution in [0.1, 0.15) is 102 Å². The quantitative estimate of drug-likeness (QED) is 0.332. The van der Waals surface area contributed by atoms with Crippen LogP contribution in [0.2, 0.25) is 0 Å². The van der Waals surface area contributed by atoms with Crippen LogP contribution >= 0.6 is 0 Å². The van der Waals surface area contributed by atoms with E-state index in [1.807, 2.05) is 0 Å². The van der Waals surface area contributed by atoms with Crippen molar-refractivity contribution in [3.63, 3.8) is 0 Å². The Kier molecular flexibility index (Phi) is 9.86. The van der Waals surface area contributed by atoms with Crippen molar-refractivity contribution in [3.8, 4) is 11.3 Å². The first kappa shape index (κ1) is 23.0. The van der Waals surface area contributed by atoms with Crippen LogP contribution in [0.3, 0.4) is 0 Å². The van der Waals surface area contributed by atoms with E-state index >= 15 is 0 Å². The molecule has 30 heavy (non-hydrogen) atoms. The van der Waals surface area contributed by atoms with Gasteiger partial charge in [0.2, 0.25) is 0 Å². The monoisotopic (exact) mass is 406 g/mol. The molecule has 0 N–H and O–H groups in total. The minimum absolute atomic E-state index is 0.897. The number of unbranched alkanes of at least 4 members (excludes halogenated alkanes) is 4. The number of hydrogen-bond acceptors (Lipinski definition) is 2. The van der Waals surface area contributed by atoms with Crippen LogP contribution in [0.5, 0.6) is 0 Å². The van der Waals surface area contributed by atoms with E-state index in [0.29, 0.717) is 0 Å². The van der Waals surface area contributed by atoms with E-state index in [9.17, 15) is 0 Å². The molecule has 2 nitrogen and oxygen atoms in total. The fraction of sp³-hybridized carbons (Fsp3) is 0.643. The maximum absolute atomic E-state index is 4.53. The summed E-state index contributed by atoms with van der Waals surface area (Å²) in [5, 5.41) is 9.03. The van der Waals surface area contributed by atoms with E-state index < -0.39 is 0 Å². The molecule has 1 saturated carbocycles. The van der Waals surface area contributed by atoms with Gasteiger partial charge in [-0.2, -0.15) is 10.2 Å². The van der Waals surface area contributed by atoms with Crippen LogP contribution in [0.15, 0.2) is 36.4 Å². The van der Waals surface area contributed by atoms with Gasteiger partial charge in [0, 0.05) is 5.56 Å². The molecule has 2 heteroatoms. The summed E-state index contributed by atoms with van der Waals surface area (Å²) >= 11 is 0. The highest BCUT2D eigenvalue weighted by Gasteiger charge is 2.20. The van der Waals surface area contributed by atoms with Gasteiger partial charge in [0.05, 0.1) is 11.4 Å². The number of rotatable bonds is 12. The summed E-state index contributed by atoms with van der Waals surface area (Å²) in [4.78, 5) is 0. The highest BCUT2D eigenvalue weighted by Crippen LogP contribution is 2.34. The summed E-state index contributed by atoms with van der Waals surface area (Å²) < 4.78 is 0. The van der Waals surface area contributed by atoms with Crippen molar-refractivity contribution in [1.29, 1.82) is 0 Å². The predicted molar refractivity (Wildman–Crippen MR) is 129 cm³/mol. The number of aromatic nitrogens is 2. The normalized spacial score (nSPS) is 19.1. The van der Waals surface area contributed by atoms with Gasteiger partial charge in [-0.25, -0.2) is 0 Å². The van der Waals surface area contributed by atoms with Crippen molar-refractivity contribution >= 4 is 0 Å². The first-order chi connectivity index (χ1) is 14.8. The lowest BCUT2D eigenvalue weighted by Crippen LogP contribution is -2.15. The van der Waals surface area contributed by atoms with Crippen molar-refractivity contribution in [2.24, 2.45) is 11.8 Å². The summed E-state index contributed by atoms with van der Waals surface area (Å²) in [7, 11) is 0. The van der Waals surface area contributed by atoms with E-state index in [2.05, 4.69) is 60.4 Å². The summed E-state index contributed by atoms with van der Waals surface area (Å²) in [6.07, 6.45) is 19.0. The van der Waals surface area contributed by atoms with Crippen molar-refractivity contribution in [2.45, 2.75) is 104 Å². The Morgan fingerprint density at radius 1 is 0.667 bits per heavy atom. The topological polar surface area (TPSA) is 25.8 Å². The smallest absolute Gasteiger partial charge is 0.0929 e. The van der Waals surface area contributed by atoms with E-state index in [1.165, 1.54) is 88.2 Å². The molecule has 1 aliphatic carbocycles. The lowest BCUT2D eigenvalue weighted by molar-refractivity contribution is 0.248. The first-order valence-corrected chi connectivity index (χ1v) is 12.7. The molecule has 0 bridgehead atoms. The molecule has 0 unspecified atom stereocenters. The Hall–Kier alpha value is -1.70. The third-order valence-electron chi connectivity index (χ3n) is 7.00. The van der Waals surface area contributed by atoms with Crippen LogP contribution in [0, 0.1) is 11.8 Å². The molecule has 0 amide bonds. The number of nitrogens with zero attached hydrogens (tertiary/aromatic N) is 2. The fourth-order valence-electron chi connectivity index (χ4n) is 4.98. The Morgan fingerprint density at radius 3 is 2.00 bits per heavy atom. The van der Waals surface area contributed by atoms with Gasteiger partial charge in [-0.3, -0.25) is 0 Å². The van der Waals surface area contributed by atoms with E-state index in [1.54, 1.807) is 0 Å². The summed E-state index contributed by atoms with van der Waals surface area (Å²) in [6.45, 7) is 4.52. The molecule has 1 aliphatic rings. The van der Waals surface area contributed by atoms with Crippen LogP contribution in [0.25, 0.3) is 11.3 Å². The number of aryl methyl sites for hydroxylation is 2. The Bertz CT molecular complexity index is 696. The van der Waals surface area contributed by atoms with Crippen LogP contribution in [-0.4, -0.2) is 10.2 Å². The Morgan fingerprint density at radius 2 is 1.37 bits per heavy atom. The third kappa shape index (κ3) is 7.52. The SMILES string of the molecule is CCCCCCCC1CCC(CCc2ccc(-c3ccc(CCC)cc3)nn2)CC1. The minimum atomic E-state index is 0.897. The van der Waals surface area contributed by atoms with Gasteiger partial charge in [0.15, 0.2) is 0 Å². The van der Waals surface area contributed by atoms with Crippen molar-refractivity contribution in [2.75, 3.05) is 0 Å². The van der Waals surface area contributed by atoms with Crippen molar-refractivity contribution in [1.82, 2.24) is 10.2 Å². The predicted octanol–water partition coefficient (Wildman–Crippen LogP) is 8.20. The van der Waals surface area contributed by atoms with Gasteiger partial charge in [-0.1, -0.05) is 109 Å². The maximum Gasteiger partial charge on any atom is 0.0929 e. The molecule has 0 saturated heterocycles. The molecule has 1 heterocycles. The molecule has 1 fully saturated rings. The van der Waals surface area contributed by atoms with Gasteiger partial charge < -0.3 is 0 Å². The molecule has 2 aromatic rings. The Balaban J connectivity index is 1.36. The second-order valence-electron chi connectivity index (χ2n) is 9.49. The van der Waals surface area contributed by atoms with Gasteiger partial charge in [0.1, 0.15) is 0 Å². The van der Waals surface area contributed by atoms with Gasteiger partial charge >= 0.3 is 0 Å². The molecule has 0 spiro atoms. The second-order valence-corrected chi connectivity index (χ2v) is 9.49. The third-order valence-corrected chi connectivity index (χ3v) is 7.00. The number of benzene rings is 1. The van der Waals surface area contributed by atoms with Crippen molar-refractivity contribution < 1.29 is 0 Å². The maximum atomic E-state index is 4.53. The molecule has 3 rings (SSSR count). The summed E-state index contributed by atoms with van der Waals surface area (Å²) in [6, 6.07) is 13.1. The molecule has 0 atom stereocenters. The second kappa shape index (κ2) is 12.9. The van der Waals surface area contributed by atoms with Crippen molar-refractivity contribution in [3.05, 3.63) is 47.7 Å². The summed E-state index contributed by atoms with van der Waals surface area (Å²) in [5.41, 5.74) is 4.71. The molecule has 0 radical (unpaired) electrons. The standard InChI is InChI=1S/C28H42N2/c1-3-5-6-7-8-10-24-11-13-25(14-12-24)17-20-27-21-22-28(30-29-27)26-18-15-23(9-4-2)16-19-26/h15-16,18-19,21-22,24-25H,3-14,17,20H2,1-2H3. The Labute approximate surface area is 184 Å². The van der Waals surface area contributed by atoms with E-state index in [4.69, 9.17) is 0 Å². The zero-order chi connectivity index (χ0) is 21.0. The highest BCUT2D eigenvalue weighted by molar-refractivity contribution is 5.58. The molecule has 0 aliphatic heterocycles. The number of hydrogen-bond donors (Lipinski definition) is 0. The van der Waals surface area contributed by atoms with E-state index in [-0.39, 0.29) is 0 Å². The van der Waals surface area contributed by atoms with Crippen LogP contribution in [0.4, 0.5) is 0 Å². The van der Waals surface area contributed by atoms with E-state index in [0.717, 1.165) is 36.1 Å². The molecule has 1 aromatic heterocycles. The molecular formula is C28H42N2. The highest BCUT2D eigenvalue weighted by atomic mass is 15.1. The zero-order valence-electron chi connectivity index (χ0n) is 19.4. The minimum Gasteiger partial charge on any atom is -0.155 e. The molecule has 164 valence electrons. The average molecular weight is 407 g/mol.